The summed E-state index contributed by atoms with van der Waals surface area (Å²) in [5.74, 6) is 0.808. The van der Waals surface area contributed by atoms with Crippen LogP contribution >= 0.6 is 0 Å². The van der Waals surface area contributed by atoms with Crippen molar-refractivity contribution < 1.29 is 15.3 Å². The Kier molecular flexibility index (Phi) is 5.32. The summed E-state index contributed by atoms with van der Waals surface area (Å²) in [6.07, 6.45) is 9.13. The molecule has 0 saturated heterocycles. The summed E-state index contributed by atoms with van der Waals surface area (Å²) in [6.45, 7) is 9.55. The third-order valence-corrected chi connectivity index (χ3v) is 3.47. The third kappa shape index (κ3) is 4.41. The average Bonchev–Trinajstić information content (AvgIpc) is 2.32. The molecule has 0 radical (unpaired) electrons. The van der Waals surface area contributed by atoms with E-state index in [0.29, 0.717) is 11.8 Å². The SMILES string of the molecule is C=C1C=CC(C(C)CC=CC(C)(C)OO)CC1O. The van der Waals surface area contributed by atoms with Crippen molar-refractivity contribution in [3.63, 3.8) is 0 Å². The molecule has 1 aliphatic rings. The number of hydrogen-bond acceptors (Lipinski definition) is 3. The lowest BCUT2D eigenvalue weighted by molar-refractivity contribution is -0.297. The molecule has 2 N–H and O–H groups in total. The first kappa shape index (κ1) is 15.2. The molecule has 0 aromatic carbocycles. The normalized spacial score (nSPS) is 26.8. The van der Waals surface area contributed by atoms with E-state index in [9.17, 15) is 5.11 Å². The van der Waals surface area contributed by atoms with Crippen LogP contribution in [0.4, 0.5) is 0 Å². The Bertz CT molecular complexity index is 342. The highest BCUT2D eigenvalue weighted by Gasteiger charge is 2.22. The third-order valence-electron chi connectivity index (χ3n) is 3.47. The molecule has 0 aromatic heterocycles. The topological polar surface area (TPSA) is 49.7 Å². The molecular formula is C15H24O3. The maximum absolute atomic E-state index is 9.77. The minimum Gasteiger partial charge on any atom is -0.388 e. The van der Waals surface area contributed by atoms with Gasteiger partial charge in [0.1, 0.15) is 5.60 Å². The zero-order valence-corrected chi connectivity index (χ0v) is 11.5. The molecule has 1 aliphatic carbocycles. The van der Waals surface area contributed by atoms with Crippen molar-refractivity contribution in [2.75, 3.05) is 0 Å². The number of rotatable bonds is 5. The van der Waals surface area contributed by atoms with Gasteiger partial charge in [0.2, 0.25) is 0 Å². The lowest BCUT2D eigenvalue weighted by Gasteiger charge is -2.27. The second-order valence-corrected chi connectivity index (χ2v) is 5.66. The van der Waals surface area contributed by atoms with Gasteiger partial charge in [-0.25, -0.2) is 4.89 Å². The second-order valence-electron chi connectivity index (χ2n) is 5.66. The molecule has 3 unspecified atom stereocenters. The Hall–Kier alpha value is -0.900. The van der Waals surface area contributed by atoms with Crippen molar-refractivity contribution in [2.24, 2.45) is 11.8 Å². The zero-order chi connectivity index (χ0) is 13.8. The van der Waals surface area contributed by atoms with Crippen LogP contribution in [-0.4, -0.2) is 22.1 Å². The fourth-order valence-corrected chi connectivity index (χ4v) is 2.04. The van der Waals surface area contributed by atoms with Crippen LogP contribution in [0.3, 0.4) is 0 Å². The predicted octanol–water partition coefficient (Wildman–Crippen LogP) is 3.33. The van der Waals surface area contributed by atoms with E-state index in [4.69, 9.17) is 5.26 Å². The van der Waals surface area contributed by atoms with Crippen LogP contribution in [0.25, 0.3) is 0 Å². The van der Waals surface area contributed by atoms with Crippen LogP contribution in [0.15, 0.2) is 36.5 Å². The van der Waals surface area contributed by atoms with Gasteiger partial charge in [0.05, 0.1) is 6.10 Å². The summed E-state index contributed by atoms with van der Waals surface area (Å²) in [5, 5.41) is 18.4. The van der Waals surface area contributed by atoms with E-state index in [1.807, 2.05) is 18.2 Å². The van der Waals surface area contributed by atoms with Crippen molar-refractivity contribution in [3.8, 4) is 0 Å². The summed E-state index contributed by atoms with van der Waals surface area (Å²) < 4.78 is 0. The minimum absolute atomic E-state index is 0.369. The van der Waals surface area contributed by atoms with E-state index in [1.54, 1.807) is 13.8 Å². The summed E-state index contributed by atoms with van der Waals surface area (Å²) in [7, 11) is 0. The first-order valence-corrected chi connectivity index (χ1v) is 6.41. The van der Waals surface area contributed by atoms with E-state index in [0.717, 1.165) is 18.4 Å². The van der Waals surface area contributed by atoms with Gasteiger partial charge in [0.25, 0.3) is 0 Å². The molecule has 0 amide bonds. The Labute approximate surface area is 109 Å². The molecular weight excluding hydrogens is 228 g/mol. The molecule has 102 valence electrons. The first-order chi connectivity index (χ1) is 8.35. The van der Waals surface area contributed by atoms with Gasteiger partial charge in [-0.1, -0.05) is 37.8 Å². The van der Waals surface area contributed by atoms with Crippen molar-refractivity contribution in [2.45, 2.75) is 45.3 Å². The van der Waals surface area contributed by atoms with Crippen molar-refractivity contribution in [3.05, 3.63) is 36.5 Å². The number of aliphatic hydroxyl groups excluding tert-OH is 1. The van der Waals surface area contributed by atoms with Gasteiger partial charge < -0.3 is 5.11 Å². The van der Waals surface area contributed by atoms with Gasteiger partial charge in [0.15, 0.2) is 0 Å². The molecule has 0 aliphatic heterocycles. The Balaban J connectivity index is 2.49. The van der Waals surface area contributed by atoms with Gasteiger partial charge in [-0.3, -0.25) is 5.26 Å². The predicted molar refractivity (Wildman–Crippen MR) is 73.1 cm³/mol. The number of allylic oxidation sites excluding steroid dienone is 2. The average molecular weight is 252 g/mol. The van der Waals surface area contributed by atoms with E-state index in [2.05, 4.69) is 24.5 Å². The van der Waals surface area contributed by atoms with E-state index in [-0.39, 0.29) is 0 Å². The summed E-state index contributed by atoms with van der Waals surface area (Å²) in [5.41, 5.74) is 0.152. The van der Waals surface area contributed by atoms with Crippen molar-refractivity contribution in [1.29, 1.82) is 0 Å². The fraction of sp³-hybridized carbons (Fsp3) is 0.600. The summed E-state index contributed by atoms with van der Waals surface area (Å²) >= 11 is 0. The minimum atomic E-state index is -0.643. The van der Waals surface area contributed by atoms with Crippen molar-refractivity contribution in [1.82, 2.24) is 0 Å². The monoisotopic (exact) mass is 252 g/mol. The van der Waals surface area contributed by atoms with Crippen LogP contribution < -0.4 is 0 Å². The smallest absolute Gasteiger partial charge is 0.116 e. The van der Waals surface area contributed by atoms with Gasteiger partial charge in [-0.15, -0.1) is 0 Å². The molecule has 0 spiro atoms. The number of hydrogen-bond donors (Lipinski definition) is 2. The zero-order valence-electron chi connectivity index (χ0n) is 11.5. The highest BCUT2D eigenvalue weighted by atomic mass is 17.1. The first-order valence-electron chi connectivity index (χ1n) is 6.41. The maximum atomic E-state index is 9.77. The molecule has 0 aromatic rings. The maximum Gasteiger partial charge on any atom is 0.116 e. The standard InChI is InChI=1S/C15H24O3/c1-11(6-5-9-15(3,4)18-17)13-8-7-12(2)14(16)10-13/h5,7-9,11,13-14,16-17H,2,6,10H2,1,3-4H3. The van der Waals surface area contributed by atoms with Gasteiger partial charge in [-0.2, -0.15) is 0 Å². The highest BCUT2D eigenvalue weighted by molar-refractivity contribution is 5.24. The lowest BCUT2D eigenvalue weighted by Crippen LogP contribution is -2.22. The van der Waals surface area contributed by atoms with E-state index < -0.39 is 11.7 Å². The van der Waals surface area contributed by atoms with Gasteiger partial charge in [-0.05, 0) is 44.1 Å². The van der Waals surface area contributed by atoms with Gasteiger partial charge >= 0.3 is 0 Å². The highest BCUT2D eigenvalue weighted by Crippen LogP contribution is 2.29. The van der Waals surface area contributed by atoms with Crippen LogP contribution in [0.2, 0.25) is 0 Å². The van der Waals surface area contributed by atoms with E-state index >= 15 is 0 Å². The molecule has 18 heavy (non-hydrogen) atoms. The molecule has 0 saturated carbocycles. The lowest BCUT2D eigenvalue weighted by atomic mass is 9.81. The van der Waals surface area contributed by atoms with Crippen molar-refractivity contribution >= 4 is 0 Å². The Morgan fingerprint density at radius 2 is 2.28 bits per heavy atom. The molecule has 3 heteroatoms. The number of aliphatic hydroxyl groups is 1. The molecule has 0 bridgehead atoms. The quantitative estimate of drug-likeness (QED) is 0.448. The van der Waals surface area contributed by atoms with Crippen LogP contribution in [0.1, 0.15) is 33.6 Å². The van der Waals surface area contributed by atoms with Crippen LogP contribution in [0, 0.1) is 11.8 Å². The van der Waals surface area contributed by atoms with Crippen LogP contribution in [0.5, 0.6) is 0 Å². The summed E-state index contributed by atoms with van der Waals surface area (Å²) in [4.78, 5) is 4.34. The summed E-state index contributed by atoms with van der Waals surface area (Å²) in [6, 6.07) is 0. The largest absolute Gasteiger partial charge is 0.388 e. The molecule has 0 heterocycles. The second kappa shape index (κ2) is 6.32. The molecule has 3 nitrogen and oxygen atoms in total. The van der Waals surface area contributed by atoms with E-state index in [1.165, 1.54) is 0 Å². The Morgan fingerprint density at radius 3 is 2.83 bits per heavy atom. The molecule has 0 fully saturated rings. The Morgan fingerprint density at radius 1 is 1.61 bits per heavy atom. The molecule has 3 atom stereocenters. The van der Waals surface area contributed by atoms with Crippen LogP contribution in [-0.2, 0) is 4.89 Å². The molecule has 1 rings (SSSR count). The van der Waals surface area contributed by atoms with Gasteiger partial charge in [0, 0.05) is 0 Å². The fourth-order valence-electron chi connectivity index (χ4n) is 2.04.